The van der Waals surface area contributed by atoms with Crippen molar-refractivity contribution in [3.63, 3.8) is 0 Å². The Morgan fingerprint density at radius 3 is 2.59 bits per heavy atom. The summed E-state index contributed by atoms with van der Waals surface area (Å²) in [6, 6.07) is 5.80. The highest BCUT2D eigenvalue weighted by Crippen LogP contribution is 2.18. The number of carbonyl (C=O) groups is 1. The second-order valence-electron chi connectivity index (χ2n) is 5.89. The summed E-state index contributed by atoms with van der Waals surface area (Å²) in [6.07, 6.45) is 0.547. The van der Waals surface area contributed by atoms with E-state index in [9.17, 15) is 13.2 Å². The Morgan fingerprint density at radius 1 is 1.32 bits per heavy atom. The van der Waals surface area contributed by atoms with Crippen molar-refractivity contribution < 1.29 is 13.2 Å². The number of nitrogens with zero attached hydrogens (tertiary/aromatic N) is 1. The van der Waals surface area contributed by atoms with Crippen molar-refractivity contribution in [1.29, 1.82) is 0 Å². The molecule has 122 valence electrons. The monoisotopic (exact) mass is 324 g/mol. The molecule has 0 bridgehead atoms. The molecule has 1 fully saturated rings. The van der Waals surface area contributed by atoms with Crippen LogP contribution in [-0.4, -0.2) is 49.9 Å². The molecular formula is C16H24N2O3S. The molecule has 1 amide bonds. The number of benzene rings is 1. The highest BCUT2D eigenvalue weighted by Gasteiger charge is 2.33. The predicted molar refractivity (Wildman–Crippen MR) is 88.9 cm³/mol. The fourth-order valence-electron chi connectivity index (χ4n) is 2.79. The first kappa shape index (κ1) is 16.8. The Morgan fingerprint density at radius 2 is 2.05 bits per heavy atom. The minimum absolute atomic E-state index is 0.0529. The van der Waals surface area contributed by atoms with Gasteiger partial charge >= 0.3 is 0 Å². The molecular weight excluding hydrogens is 300 g/mol. The van der Waals surface area contributed by atoms with E-state index in [1.54, 1.807) is 4.90 Å². The summed E-state index contributed by atoms with van der Waals surface area (Å²) >= 11 is 0. The molecule has 1 aromatic rings. The number of carbonyl (C=O) groups excluding carboxylic acids is 1. The molecule has 1 atom stereocenters. The Bertz CT molecular complexity index is 655. The first-order valence-corrected chi connectivity index (χ1v) is 9.45. The zero-order chi connectivity index (χ0) is 16.3. The summed E-state index contributed by atoms with van der Waals surface area (Å²) in [5.74, 6) is 0.227. The average molecular weight is 324 g/mol. The normalized spacial score (nSPS) is 19.9. The summed E-state index contributed by atoms with van der Waals surface area (Å²) < 4.78 is 23.2. The molecule has 1 N–H and O–H groups in total. The summed E-state index contributed by atoms with van der Waals surface area (Å²) in [5.41, 5.74) is 3.29. The van der Waals surface area contributed by atoms with Crippen molar-refractivity contribution in [2.75, 3.05) is 29.9 Å². The first-order chi connectivity index (χ1) is 10.3. The van der Waals surface area contributed by atoms with Crippen molar-refractivity contribution >= 4 is 21.4 Å². The third-order valence-electron chi connectivity index (χ3n) is 4.26. The molecule has 1 heterocycles. The van der Waals surface area contributed by atoms with Crippen LogP contribution in [0.3, 0.4) is 0 Å². The smallest absolute Gasteiger partial charge is 0.242 e. The van der Waals surface area contributed by atoms with E-state index in [0.29, 0.717) is 13.0 Å². The van der Waals surface area contributed by atoms with Gasteiger partial charge in [-0.15, -0.1) is 0 Å². The number of likely N-dealkylation sites (N-methyl/N-ethyl adjacent to an activating group) is 1. The van der Waals surface area contributed by atoms with E-state index in [0.717, 1.165) is 5.69 Å². The standard InChI is InChI=1S/C16H24N2O3S/c1-4-18(15-7-8-22(20,21)11-15)16(19)10-17-14-6-5-12(2)13(3)9-14/h5-6,9,15,17H,4,7-8,10-11H2,1-3H3. The van der Waals surface area contributed by atoms with Gasteiger partial charge in [0.2, 0.25) is 5.91 Å². The van der Waals surface area contributed by atoms with Gasteiger partial charge < -0.3 is 10.2 Å². The molecule has 1 aromatic carbocycles. The van der Waals surface area contributed by atoms with Crippen LogP contribution in [0.5, 0.6) is 0 Å². The Hall–Kier alpha value is -1.56. The molecule has 5 nitrogen and oxygen atoms in total. The van der Waals surface area contributed by atoms with Crippen molar-refractivity contribution in [3.8, 4) is 0 Å². The fourth-order valence-corrected chi connectivity index (χ4v) is 4.52. The lowest BCUT2D eigenvalue weighted by Crippen LogP contribution is -2.43. The van der Waals surface area contributed by atoms with Gasteiger partial charge in [0.15, 0.2) is 9.84 Å². The molecule has 0 spiro atoms. The lowest BCUT2D eigenvalue weighted by molar-refractivity contribution is -0.130. The number of aryl methyl sites for hydroxylation is 2. The van der Waals surface area contributed by atoms with Gasteiger partial charge in [0.25, 0.3) is 0 Å². The van der Waals surface area contributed by atoms with E-state index in [1.165, 1.54) is 11.1 Å². The average Bonchev–Trinajstić information content (AvgIpc) is 2.81. The van der Waals surface area contributed by atoms with Crippen LogP contribution >= 0.6 is 0 Å². The summed E-state index contributed by atoms with van der Waals surface area (Å²) in [7, 11) is -2.98. The van der Waals surface area contributed by atoms with Crippen LogP contribution in [0, 0.1) is 13.8 Å². The third-order valence-corrected chi connectivity index (χ3v) is 6.01. The van der Waals surface area contributed by atoms with Gasteiger partial charge in [-0.1, -0.05) is 6.07 Å². The number of hydrogen-bond donors (Lipinski definition) is 1. The van der Waals surface area contributed by atoms with E-state index in [1.807, 2.05) is 39.0 Å². The number of sulfone groups is 1. The van der Waals surface area contributed by atoms with Crippen LogP contribution in [0.4, 0.5) is 5.69 Å². The SMILES string of the molecule is CCN(C(=O)CNc1ccc(C)c(C)c1)C1CCS(=O)(=O)C1. The van der Waals surface area contributed by atoms with Gasteiger partial charge in [-0.05, 0) is 50.5 Å². The lowest BCUT2D eigenvalue weighted by atomic mass is 10.1. The molecule has 1 saturated heterocycles. The van der Waals surface area contributed by atoms with Crippen LogP contribution in [0.15, 0.2) is 18.2 Å². The van der Waals surface area contributed by atoms with Crippen LogP contribution in [0.25, 0.3) is 0 Å². The number of hydrogen-bond acceptors (Lipinski definition) is 4. The number of nitrogens with one attached hydrogen (secondary N) is 1. The van der Waals surface area contributed by atoms with Gasteiger partial charge in [0, 0.05) is 18.3 Å². The van der Waals surface area contributed by atoms with Crippen molar-refractivity contribution in [1.82, 2.24) is 4.90 Å². The molecule has 1 aliphatic rings. The van der Waals surface area contributed by atoms with Gasteiger partial charge in [-0.2, -0.15) is 0 Å². The van der Waals surface area contributed by atoms with E-state index < -0.39 is 9.84 Å². The lowest BCUT2D eigenvalue weighted by Gasteiger charge is -2.27. The maximum absolute atomic E-state index is 12.4. The number of rotatable bonds is 5. The van der Waals surface area contributed by atoms with Crippen LogP contribution in [-0.2, 0) is 14.6 Å². The molecule has 0 aromatic heterocycles. The van der Waals surface area contributed by atoms with Gasteiger partial charge in [0.05, 0.1) is 18.1 Å². The van der Waals surface area contributed by atoms with Gasteiger partial charge in [-0.25, -0.2) is 8.42 Å². The molecule has 1 unspecified atom stereocenters. The van der Waals surface area contributed by atoms with E-state index >= 15 is 0 Å². The molecule has 2 rings (SSSR count). The molecule has 1 aliphatic heterocycles. The minimum atomic E-state index is -2.98. The van der Waals surface area contributed by atoms with Crippen LogP contribution in [0.1, 0.15) is 24.5 Å². The van der Waals surface area contributed by atoms with Crippen LogP contribution < -0.4 is 5.32 Å². The van der Waals surface area contributed by atoms with E-state index in [4.69, 9.17) is 0 Å². The highest BCUT2D eigenvalue weighted by atomic mass is 32.2. The molecule has 22 heavy (non-hydrogen) atoms. The van der Waals surface area contributed by atoms with Crippen LogP contribution in [0.2, 0.25) is 0 Å². The largest absolute Gasteiger partial charge is 0.376 e. The number of anilines is 1. The molecule has 0 radical (unpaired) electrons. The van der Waals surface area contributed by atoms with E-state index in [2.05, 4.69) is 5.32 Å². The first-order valence-electron chi connectivity index (χ1n) is 7.63. The minimum Gasteiger partial charge on any atom is -0.376 e. The van der Waals surface area contributed by atoms with Crippen molar-refractivity contribution in [2.24, 2.45) is 0 Å². The zero-order valence-corrected chi connectivity index (χ0v) is 14.2. The van der Waals surface area contributed by atoms with Crippen molar-refractivity contribution in [3.05, 3.63) is 29.3 Å². The summed E-state index contributed by atoms with van der Waals surface area (Å²) in [5, 5.41) is 3.13. The number of amides is 1. The van der Waals surface area contributed by atoms with Gasteiger partial charge in [-0.3, -0.25) is 4.79 Å². The Balaban J connectivity index is 1.96. The van der Waals surface area contributed by atoms with Gasteiger partial charge in [0.1, 0.15) is 0 Å². The van der Waals surface area contributed by atoms with Crippen molar-refractivity contribution in [2.45, 2.75) is 33.2 Å². The highest BCUT2D eigenvalue weighted by molar-refractivity contribution is 7.91. The summed E-state index contributed by atoms with van der Waals surface area (Å²) in [6.45, 7) is 6.69. The quantitative estimate of drug-likeness (QED) is 0.896. The second-order valence-corrected chi connectivity index (χ2v) is 8.12. The topological polar surface area (TPSA) is 66.5 Å². The fraction of sp³-hybridized carbons (Fsp3) is 0.562. The maximum Gasteiger partial charge on any atom is 0.242 e. The zero-order valence-electron chi connectivity index (χ0n) is 13.4. The van der Waals surface area contributed by atoms with E-state index in [-0.39, 0.29) is 30.0 Å². The maximum atomic E-state index is 12.4. The molecule has 0 saturated carbocycles. The second kappa shape index (κ2) is 6.69. The predicted octanol–water partition coefficient (Wildman–Crippen LogP) is 1.75. The molecule has 6 heteroatoms. The summed E-state index contributed by atoms with van der Waals surface area (Å²) in [4.78, 5) is 14.0. The third kappa shape index (κ3) is 4.00. The Labute approximate surface area is 132 Å². The molecule has 0 aliphatic carbocycles. The Kier molecular flexibility index (Phi) is 5.11.